The van der Waals surface area contributed by atoms with Crippen molar-refractivity contribution >= 4 is 17.7 Å². The van der Waals surface area contributed by atoms with Crippen molar-refractivity contribution in [2.45, 2.75) is 64.5 Å². The molecule has 1 N–H and O–H groups in total. The highest BCUT2D eigenvalue weighted by atomic mass is 16.2. The van der Waals surface area contributed by atoms with Crippen LogP contribution in [0.15, 0.2) is 0 Å². The van der Waals surface area contributed by atoms with E-state index in [2.05, 4.69) is 10.4 Å². The molecule has 1 aromatic rings. The van der Waals surface area contributed by atoms with Crippen molar-refractivity contribution in [3.05, 3.63) is 17.0 Å². The van der Waals surface area contributed by atoms with E-state index in [1.54, 1.807) is 9.58 Å². The van der Waals surface area contributed by atoms with E-state index in [1.165, 1.54) is 0 Å². The molecule has 1 saturated carbocycles. The van der Waals surface area contributed by atoms with E-state index in [0.29, 0.717) is 50.8 Å². The minimum atomic E-state index is -0.143. The van der Waals surface area contributed by atoms with Crippen LogP contribution in [0, 0.1) is 5.92 Å². The highest BCUT2D eigenvalue weighted by Gasteiger charge is 2.35. The second-order valence-electron chi connectivity index (χ2n) is 8.59. The third-order valence-corrected chi connectivity index (χ3v) is 6.26. The van der Waals surface area contributed by atoms with Crippen LogP contribution in [0.2, 0.25) is 0 Å². The Hall–Kier alpha value is -2.38. The van der Waals surface area contributed by atoms with E-state index < -0.39 is 0 Å². The molecule has 0 bridgehead atoms. The molecule has 3 aliphatic rings. The molecule has 1 aromatic heterocycles. The molecule has 158 valence electrons. The first-order valence-corrected chi connectivity index (χ1v) is 10.9. The number of hydrogen-bond acceptors (Lipinski definition) is 4. The lowest BCUT2D eigenvalue weighted by Gasteiger charge is -2.32. The smallest absolute Gasteiger partial charge is 0.274 e. The number of piperidine rings is 1. The number of hydrogen-bond donors (Lipinski definition) is 1. The van der Waals surface area contributed by atoms with Gasteiger partial charge in [0.05, 0.1) is 5.92 Å². The van der Waals surface area contributed by atoms with Gasteiger partial charge in [0.1, 0.15) is 0 Å². The number of aromatic nitrogens is 2. The van der Waals surface area contributed by atoms with Gasteiger partial charge in [-0.15, -0.1) is 0 Å². The van der Waals surface area contributed by atoms with Crippen molar-refractivity contribution in [1.82, 2.24) is 24.9 Å². The van der Waals surface area contributed by atoms with E-state index >= 15 is 0 Å². The minimum absolute atomic E-state index is 0.0735. The fraction of sp³-hybridized carbons (Fsp3) is 0.714. The monoisotopic (exact) mass is 401 g/mol. The number of carbonyl (C=O) groups excluding carboxylic acids is 3. The summed E-state index contributed by atoms with van der Waals surface area (Å²) in [6.45, 7) is 4.21. The molecule has 3 amide bonds. The van der Waals surface area contributed by atoms with Crippen LogP contribution in [0.5, 0.6) is 0 Å². The maximum absolute atomic E-state index is 13.3. The van der Waals surface area contributed by atoms with E-state index in [-0.39, 0.29) is 23.6 Å². The number of carbonyl (C=O) groups is 3. The predicted molar refractivity (Wildman–Crippen MR) is 107 cm³/mol. The molecule has 1 saturated heterocycles. The first-order chi connectivity index (χ1) is 14.0. The van der Waals surface area contributed by atoms with Gasteiger partial charge in [-0.05, 0) is 32.1 Å². The van der Waals surface area contributed by atoms with E-state index in [0.717, 1.165) is 43.4 Å². The van der Waals surface area contributed by atoms with E-state index in [1.807, 2.05) is 18.9 Å². The first-order valence-electron chi connectivity index (χ1n) is 10.9. The number of nitrogens with zero attached hydrogens (tertiary/aromatic N) is 4. The average Bonchev–Trinajstić information content (AvgIpc) is 3.49. The van der Waals surface area contributed by atoms with Gasteiger partial charge < -0.3 is 15.1 Å². The number of likely N-dealkylation sites (tertiary alicyclic amines) is 1. The Labute approximate surface area is 171 Å². The fourth-order valence-electron chi connectivity index (χ4n) is 4.42. The van der Waals surface area contributed by atoms with Crippen LogP contribution in [0.4, 0.5) is 0 Å². The normalized spacial score (nSPS) is 21.7. The summed E-state index contributed by atoms with van der Waals surface area (Å²) in [7, 11) is 1.86. The predicted octanol–water partition coefficient (Wildman–Crippen LogP) is 1.24. The molecule has 8 heteroatoms. The van der Waals surface area contributed by atoms with Crippen molar-refractivity contribution in [1.29, 1.82) is 0 Å². The van der Waals surface area contributed by atoms with Gasteiger partial charge in [0.2, 0.25) is 11.8 Å². The van der Waals surface area contributed by atoms with Crippen LogP contribution in [0.1, 0.15) is 67.2 Å². The topological polar surface area (TPSA) is 87.5 Å². The van der Waals surface area contributed by atoms with Crippen LogP contribution in [-0.4, -0.2) is 63.0 Å². The van der Waals surface area contributed by atoms with Gasteiger partial charge in [-0.1, -0.05) is 6.92 Å². The Morgan fingerprint density at radius 2 is 1.93 bits per heavy atom. The van der Waals surface area contributed by atoms with E-state index in [4.69, 9.17) is 0 Å². The van der Waals surface area contributed by atoms with Gasteiger partial charge in [-0.2, -0.15) is 5.10 Å². The summed E-state index contributed by atoms with van der Waals surface area (Å²) in [5.74, 6) is -0.0504. The lowest BCUT2D eigenvalue weighted by atomic mass is 9.96. The summed E-state index contributed by atoms with van der Waals surface area (Å²) in [5, 5.41) is 7.59. The highest BCUT2D eigenvalue weighted by molar-refractivity contribution is 5.95. The van der Waals surface area contributed by atoms with Crippen molar-refractivity contribution in [2.24, 2.45) is 13.0 Å². The zero-order chi connectivity index (χ0) is 20.5. The maximum atomic E-state index is 13.3. The molecular weight excluding hydrogens is 370 g/mol. The van der Waals surface area contributed by atoms with Gasteiger partial charge in [-0.25, -0.2) is 0 Å². The molecule has 0 radical (unpaired) electrons. The first kappa shape index (κ1) is 19.9. The largest absolute Gasteiger partial charge is 0.353 e. The van der Waals surface area contributed by atoms with Crippen molar-refractivity contribution in [2.75, 3.05) is 19.6 Å². The highest BCUT2D eigenvalue weighted by Crippen LogP contribution is 2.26. The summed E-state index contributed by atoms with van der Waals surface area (Å²) in [4.78, 5) is 41.7. The van der Waals surface area contributed by atoms with Gasteiger partial charge in [0.25, 0.3) is 5.91 Å². The second-order valence-corrected chi connectivity index (χ2v) is 8.59. The van der Waals surface area contributed by atoms with E-state index in [9.17, 15) is 14.4 Å². The lowest BCUT2D eigenvalue weighted by molar-refractivity contribution is -0.132. The van der Waals surface area contributed by atoms with Crippen molar-refractivity contribution in [3.8, 4) is 0 Å². The number of rotatable bonds is 5. The number of amides is 3. The quantitative estimate of drug-likeness (QED) is 0.804. The third kappa shape index (κ3) is 4.16. The Morgan fingerprint density at radius 3 is 2.66 bits per heavy atom. The Bertz CT molecular complexity index is 813. The van der Waals surface area contributed by atoms with Gasteiger partial charge in [0.15, 0.2) is 5.69 Å². The maximum Gasteiger partial charge on any atom is 0.274 e. The molecule has 3 heterocycles. The molecular formula is C21H31N5O3. The van der Waals surface area contributed by atoms with Crippen molar-refractivity contribution in [3.63, 3.8) is 0 Å². The summed E-state index contributed by atoms with van der Waals surface area (Å²) >= 11 is 0. The Kier molecular flexibility index (Phi) is 5.61. The average molecular weight is 402 g/mol. The van der Waals surface area contributed by atoms with Crippen molar-refractivity contribution < 1.29 is 14.4 Å². The summed E-state index contributed by atoms with van der Waals surface area (Å²) in [5.41, 5.74) is 2.35. The molecule has 29 heavy (non-hydrogen) atoms. The lowest BCUT2D eigenvalue weighted by Crippen LogP contribution is -2.46. The summed E-state index contributed by atoms with van der Waals surface area (Å²) in [6, 6.07) is 0.336. The Balaban J connectivity index is 1.49. The van der Waals surface area contributed by atoms with Gasteiger partial charge in [-0.3, -0.25) is 19.1 Å². The van der Waals surface area contributed by atoms with Crippen LogP contribution in [-0.2, 0) is 29.6 Å². The Morgan fingerprint density at radius 1 is 1.14 bits per heavy atom. The molecule has 4 rings (SSSR count). The standard InChI is InChI=1S/C21H31N5O3/c1-3-5-18(27)25-11-9-17-16(13-25)19(23-24(17)2)21(29)26-10-4-6-14(12-26)20(28)22-15-7-8-15/h14-15H,3-13H2,1-2H3,(H,22,28). The molecule has 0 spiro atoms. The zero-order valence-electron chi connectivity index (χ0n) is 17.4. The van der Waals surface area contributed by atoms with Gasteiger partial charge in [0, 0.05) is 63.4 Å². The van der Waals surface area contributed by atoms with Crippen LogP contribution in [0.25, 0.3) is 0 Å². The molecule has 8 nitrogen and oxygen atoms in total. The SMILES string of the molecule is CCCC(=O)N1CCc2c(c(C(=O)N3CCCC(C(=O)NC4CC4)C3)nn2C)C1. The van der Waals surface area contributed by atoms with Crippen LogP contribution < -0.4 is 5.32 Å². The third-order valence-electron chi connectivity index (χ3n) is 6.26. The van der Waals surface area contributed by atoms with Gasteiger partial charge >= 0.3 is 0 Å². The molecule has 1 unspecified atom stereocenters. The zero-order valence-corrected chi connectivity index (χ0v) is 17.4. The van der Waals surface area contributed by atoms with Crippen LogP contribution in [0.3, 0.4) is 0 Å². The number of aryl methyl sites for hydroxylation is 1. The number of nitrogens with one attached hydrogen (secondary N) is 1. The molecule has 0 aromatic carbocycles. The molecule has 1 aliphatic carbocycles. The van der Waals surface area contributed by atoms with Crippen LogP contribution >= 0.6 is 0 Å². The number of fused-ring (bicyclic) bond motifs is 1. The molecule has 2 aliphatic heterocycles. The second kappa shape index (κ2) is 8.16. The summed E-state index contributed by atoms with van der Waals surface area (Å²) in [6.07, 6.45) is 5.84. The fourth-order valence-corrected chi connectivity index (χ4v) is 4.42. The molecule has 2 fully saturated rings. The minimum Gasteiger partial charge on any atom is -0.353 e. The summed E-state index contributed by atoms with van der Waals surface area (Å²) < 4.78 is 1.78. The molecule has 1 atom stereocenters.